The van der Waals surface area contributed by atoms with E-state index < -0.39 is 11.0 Å². The number of aliphatic hydroxyl groups excluding tert-OH is 1. The summed E-state index contributed by atoms with van der Waals surface area (Å²) in [6, 6.07) is 1.51. The number of primary amides is 1. The largest absolute Gasteiger partial charge is 0.388 e. The van der Waals surface area contributed by atoms with E-state index in [1.54, 1.807) is 6.92 Å². The van der Waals surface area contributed by atoms with E-state index in [1.807, 2.05) is 11.8 Å². The van der Waals surface area contributed by atoms with Gasteiger partial charge in [0.25, 0.3) is 0 Å². The monoisotopic (exact) mass is 313 g/mol. The summed E-state index contributed by atoms with van der Waals surface area (Å²) in [4.78, 5) is 24.6. The molecular weight excluding hydrogens is 294 g/mol. The van der Waals surface area contributed by atoms with Crippen molar-refractivity contribution in [3.63, 3.8) is 0 Å². The van der Waals surface area contributed by atoms with Gasteiger partial charge >= 0.3 is 5.69 Å². The number of hydrogen-bond donors (Lipinski definition) is 2. The lowest BCUT2D eigenvalue weighted by atomic mass is 9.93. The van der Waals surface area contributed by atoms with E-state index in [-0.39, 0.29) is 23.6 Å². The van der Waals surface area contributed by atoms with Crippen molar-refractivity contribution in [1.29, 1.82) is 0 Å². The van der Waals surface area contributed by atoms with E-state index in [4.69, 9.17) is 5.73 Å². The average molecular weight is 313 g/mol. The van der Waals surface area contributed by atoms with Gasteiger partial charge in [-0.25, -0.2) is 0 Å². The molecule has 1 fully saturated rings. The first kappa shape index (κ1) is 15.7. The number of rotatable bonds is 4. The molecule has 1 aromatic heterocycles. The summed E-state index contributed by atoms with van der Waals surface area (Å²) in [7, 11) is 0. The summed E-state index contributed by atoms with van der Waals surface area (Å²) >= 11 is 1.20. The molecule has 7 nitrogen and oxygen atoms in total. The summed E-state index contributed by atoms with van der Waals surface area (Å²) in [6.45, 7) is 3.94. The van der Waals surface area contributed by atoms with Crippen molar-refractivity contribution in [2.75, 3.05) is 11.4 Å². The highest BCUT2D eigenvalue weighted by molar-refractivity contribution is 7.16. The molecule has 0 bridgehead atoms. The summed E-state index contributed by atoms with van der Waals surface area (Å²) in [5.41, 5.74) is 5.35. The number of amides is 1. The number of anilines is 1. The third-order valence-corrected chi connectivity index (χ3v) is 5.20. The normalized spacial score (nSPS) is 23.9. The maximum atomic E-state index is 11.4. The Balaban J connectivity index is 2.38. The van der Waals surface area contributed by atoms with Crippen molar-refractivity contribution in [3.05, 3.63) is 21.1 Å². The van der Waals surface area contributed by atoms with E-state index in [0.29, 0.717) is 22.8 Å². The highest BCUT2D eigenvalue weighted by Gasteiger charge is 2.34. The zero-order valence-electron chi connectivity index (χ0n) is 12.0. The van der Waals surface area contributed by atoms with Gasteiger partial charge in [0.05, 0.1) is 16.9 Å². The van der Waals surface area contributed by atoms with Gasteiger partial charge in [0.15, 0.2) is 5.00 Å². The van der Waals surface area contributed by atoms with Crippen molar-refractivity contribution in [2.24, 2.45) is 11.7 Å². The van der Waals surface area contributed by atoms with E-state index in [9.17, 15) is 20.0 Å². The quantitative estimate of drug-likeness (QED) is 0.650. The number of aliphatic hydroxyl groups is 1. The molecule has 1 amide bonds. The Morgan fingerprint density at radius 1 is 1.62 bits per heavy atom. The van der Waals surface area contributed by atoms with Gasteiger partial charge in [0, 0.05) is 23.5 Å². The van der Waals surface area contributed by atoms with Crippen molar-refractivity contribution in [2.45, 2.75) is 38.8 Å². The molecule has 0 aliphatic carbocycles. The van der Waals surface area contributed by atoms with Crippen molar-refractivity contribution in [3.8, 4) is 0 Å². The average Bonchev–Trinajstić information content (AvgIpc) is 2.84. The standard InChI is InChI=1S/C13H19N3O4S/c1-7-3-4-9(12(14)18)6-15(7)13-10(16(19)20)5-11(21-13)8(2)17/h5,7-9,17H,3-4,6H2,1-2H3,(H2,14,18)/t7?,8-,9?/m1/s1. The summed E-state index contributed by atoms with van der Waals surface area (Å²) in [5.74, 6) is -0.667. The Morgan fingerprint density at radius 2 is 2.29 bits per heavy atom. The van der Waals surface area contributed by atoms with Crippen LogP contribution in [0.3, 0.4) is 0 Å². The lowest BCUT2D eigenvalue weighted by molar-refractivity contribution is -0.383. The lowest BCUT2D eigenvalue weighted by Gasteiger charge is -2.37. The molecule has 116 valence electrons. The zero-order chi connectivity index (χ0) is 15.7. The minimum absolute atomic E-state index is 0.0205. The first-order valence-corrected chi connectivity index (χ1v) is 7.65. The molecule has 1 aliphatic rings. The minimum Gasteiger partial charge on any atom is -0.388 e. The third-order valence-electron chi connectivity index (χ3n) is 3.87. The molecule has 21 heavy (non-hydrogen) atoms. The molecule has 1 saturated heterocycles. The first-order valence-electron chi connectivity index (χ1n) is 6.83. The molecule has 0 saturated carbocycles. The molecular formula is C13H19N3O4S. The summed E-state index contributed by atoms with van der Waals surface area (Å²) in [5, 5.41) is 21.4. The number of piperidine rings is 1. The van der Waals surface area contributed by atoms with Crippen LogP contribution < -0.4 is 10.6 Å². The summed E-state index contributed by atoms with van der Waals surface area (Å²) < 4.78 is 0. The number of thiophene rings is 1. The third kappa shape index (κ3) is 3.16. The second-order valence-electron chi connectivity index (χ2n) is 5.45. The van der Waals surface area contributed by atoms with Crippen LogP contribution in [0.4, 0.5) is 10.7 Å². The smallest absolute Gasteiger partial charge is 0.304 e. The maximum absolute atomic E-state index is 11.4. The van der Waals surface area contributed by atoms with Crippen LogP contribution in [0.1, 0.15) is 37.7 Å². The number of nitrogens with zero attached hydrogens (tertiary/aromatic N) is 2. The second-order valence-corrected chi connectivity index (χ2v) is 6.51. The molecule has 0 aromatic carbocycles. The molecule has 2 heterocycles. The molecule has 1 aromatic rings. The van der Waals surface area contributed by atoms with Crippen molar-refractivity contribution in [1.82, 2.24) is 0 Å². The van der Waals surface area contributed by atoms with E-state index in [1.165, 1.54) is 17.4 Å². The number of nitro groups is 1. The van der Waals surface area contributed by atoms with Crippen LogP contribution in [-0.2, 0) is 4.79 Å². The number of carbonyl (C=O) groups is 1. The van der Waals surface area contributed by atoms with Crippen molar-refractivity contribution >= 4 is 27.9 Å². The maximum Gasteiger partial charge on any atom is 0.304 e. The molecule has 3 N–H and O–H groups in total. The van der Waals surface area contributed by atoms with Crippen LogP contribution in [0, 0.1) is 16.0 Å². The SMILES string of the molecule is CC1CCC(C(N)=O)CN1c1sc([C@@H](C)O)cc1[N+](=O)[O-]. The molecule has 2 unspecified atom stereocenters. The Kier molecular flexibility index (Phi) is 4.48. The van der Waals surface area contributed by atoms with Crippen LogP contribution in [0.25, 0.3) is 0 Å². The van der Waals surface area contributed by atoms with Crippen molar-refractivity contribution < 1.29 is 14.8 Å². The lowest BCUT2D eigenvalue weighted by Crippen LogP contribution is -2.45. The van der Waals surface area contributed by atoms with Crippen LogP contribution >= 0.6 is 11.3 Å². The summed E-state index contributed by atoms with van der Waals surface area (Å²) in [6.07, 6.45) is 0.705. The zero-order valence-corrected chi connectivity index (χ0v) is 12.8. The highest BCUT2D eigenvalue weighted by Crippen LogP contribution is 2.42. The molecule has 3 atom stereocenters. The van der Waals surface area contributed by atoms with Gasteiger partial charge in [-0.2, -0.15) is 0 Å². The Bertz CT molecular complexity index is 558. The number of nitrogens with two attached hydrogens (primary N) is 1. The van der Waals surface area contributed by atoms with E-state index in [0.717, 1.165) is 6.42 Å². The number of hydrogen-bond acceptors (Lipinski definition) is 6. The predicted molar refractivity (Wildman–Crippen MR) is 80.3 cm³/mol. The van der Waals surface area contributed by atoms with Crippen LogP contribution in [0.5, 0.6) is 0 Å². The molecule has 0 radical (unpaired) electrons. The van der Waals surface area contributed by atoms with Gasteiger partial charge in [0.1, 0.15) is 0 Å². The van der Waals surface area contributed by atoms with Crippen LogP contribution in [0.2, 0.25) is 0 Å². The van der Waals surface area contributed by atoms with Gasteiger partial charge in [0.2, 0.25) is 5.91 Å². The van der Waals surface area contributed by atoms with Gasteiger partial charge in [-0.05, 0) is 26.7 Å². The van der Waals surface area contributed by atoms with Gasteiger partial charge in [-0.3, -0.25) is 14.9 Å². The van der Waals surface area contributed by atoms with Gasteiger partial charge < -0.3 is 15.7 Å². The fraction of sp³-hybridized carbons (Fsp3) is 0.615. The highest BCUT2D eigenvalue weighted by atomic mass is 32.1. The molecule has 1 aliphatic heterocycles. The number of carbonyl (C=O) groups excluding carboxylic acids is 1. The van der Waals surface area contributed by atoms with E-state index in [2.05, 4.69) is 0 Å². The molecule has 8 heteroatoms. The topological polar surface area (TPSA) is 110 Å². The van der Waals surface area contributed by atoms with Gasteiger partial charge in [-0.1, -0.05) is 0 Å². The Labute approximate surface area is 126 Å². The van der Waals surface area contributed by atoms with Crippen LogP contribution in [0.15, 0.2) is 6.07 Å². The fourth-order valence-corrected chi connectivity index (χ4v) is 3.73. The molecule has 0 spiro atoms. The fourth-order valence-electron chi connectivity index (χ4n) is 2.55. The Hall–Kier alpha value is -1.67. The molecule has 2 rings (SSSR count). The van der Waals surface area contributed by atoms with Crippen LogP contribution in [-0.4, -0.2) is 28.5 Å². The predicted octanol–water partition coefficient (Wildman–Crippen LogP) is 1.80. The van der Waals surface area contributed by atoms with Gasteiger partial charge in [-0.15, -0.1) is 11.3 Å². The minimum atomic E-state index is -0.755. The first-order chi connectivity index (χ1) is 9.81. The van der Waals surface area contributed by atoms with E-state index >= 15 is 0 Å². The second kappa shape index (κ2) is 5.98. The Morgan fingerprint density at radius 3 is 2.81 bits per heavy atom.